The van der Waals surface area contributed by atoms with Crippen molar-refractivity contribution >= 4 is 6.01 Å². The molecule has 0 fully saturated rings. The van der Waals surface area contributed by atoms with Gasteiger partial charge in [0.15, 0.2) is 5.82 Å². The molecular formula is C10H12N4O. The molecule has 0 aliphatic heterocycles. The fraction of sp³-hybridized carbons (Fsp3) is 0.300. The van der Waals surface area contributed by atoms with Gasteiger partial charge in [-0.25, -0.2) is 0 Å². The van der Waals surface area contributed by atoms with Crippen LogP contribution in [-0.2, 0) is 6.42 Å². The first-order chi connectivity index (χ1) is 7.38. The lowest BCUT2D eigenvalue weighted by Crippen LogP contribution is -1.97. The average molecular weight is 204 g/mol. The number of nitrogens with one attached hydrogen (secondary N) is 1. The first kappa shape index (κ1) is 9.64. The van der Waals surface area contributed by atoms with Crippen LogP contribution in [0.25, 0.3) is 0 Å². The SMILES string of the molecule is CCNc1nc(Cc2ccncc2)no1. The summed E-state index contributed by atoms with van der Waals surface area (Å²) in [6.07, 6.45) is 4.17. The molecule has 0 amide bonds. The molecule has 0 aromatic carbocycles. The smallest absolute Gasteiger partial charge is 0.321 e. The predicted molar refractivity (Wildman–Crippen MR) is 55.5 cm³/mol. The van der Waals surface area contributed by atoms with Gasteiger partial charge >= 0.3 is 6.01 Å². The van der Waals surface area contributed by atoms with E-state index >= 15 is 0 Å². The van der Waals surface area contributed by atoms with Gasteiger partial charge in [-0.05, 0) is 24.6 Å². The van der Waals surface area contributed by atoms with Crippen LogP contribution in [0.3, 0.4) is 0 Å². The third-order valence-corrected chi connectivity index (χ3v) is 1.91. The number of rotatable bonds is 4. The van der Waals surface area contributed by atoms with Gasteiger partial charge in [0.25, 0.3) is 0 Å². The summed E-state index contributed by atoms with van der Waals surface area (Å²) in [4.78, 5) is 8.13. The van der Waals surface area contributed by atoms with Crippen LogP contribution in [0.15, 0.2) is 29.0 Å². The van der Waals surface area contributed by atoms with Gasteiger partial charge < -0.3 is 9.84 Å². The zero-order chi connectivity index (χ0) is 10.5. The fourth-order valence-electron chi connectivity index (χ4n) is 1.23. The summed E-state index contributed by atoms with van der Waals surface area (Å²) < 4.78 is 4.99. The second-order valence-electron chi connectivity index (χ2n) is 3.08. The van der Waals surface area contributed by atoms with Crippen molar-refractivity contribution in [3.8, 4) is 0 Å². The molecule has 2 rings (SSSR count). The third-order valence-electron chi connectivity index (χ3n) is 1.91. The highest BCUT2D eigenvalue weighted by molar-refractivity contribution is 5.21. The highest BCUT2D eigenvalue weighted by Crippen LogP contribution is 2.07. The number of hydrogen-bond acceptors (Lipinski definition) is 5. The van der Waals surface area contributed by atoms with Gasteiger partial charge in [-0.1, -0.05) is 5.16 Å². The van der Waals surface area contributed by atoms with Crippen LogP contribution in [0.1, 0.15) is 18.3 Å². The molecule has 2 aromatic rings. The molecular weight excluding hydrogens is 192 g/mol. The van der Waals surface area contributed by atoms with Gasteiger partial charge in [-0.15, -0.1) is 0 Å². The van der Waals surface area contributed by atoms with Crippen molar-refractivity contribution in [2.45, 2.75) is 13.3 Å². The summed E-state index contributed by atoms with van der Waals surface area (Å²) >= 11 is 0. The predicted octanol–water partition coefficient (Wildman–Crippen LogP) is 1.49. The van der Waals surface area contributed by atoms with E-state index in [4.69, 9.17) is 4.52 Å². The first-order valence-electron chi connectivity index (χ1n) is 4.84. The van der Waals surface area contributed by atoms with Crippen molar-refractivity contribution in [1.29, 1.82) is 0 Å². The zero-order valence-corrected chi connectivity index (χ0v) is 8.47. The molecule has 78 valence electrons. The van der Waals surface area contributed by atoms with Crippen molar-refractivity contribution in [2.24, 2.45) is 0 Å². The van der Waals surface area contributed by atoms with Crippen LogP contribution in [0.4, 0.5) is 6.01 Å². The Hall–Kier alpha value is -1.91. The minimum atomic E-state index is 0.474. The molecule has 0 spiro atoms. The topological polar surface area (TPSA) is 63.8 Å². The first-order valence-corrected chi connectivity index (χ1v) is 4.84. The van der Waals surface area contributed by atoms with Crippen LogP contribution in [-0.4, -0.2) is 21.7 Å². The van der Waals surface area contributed by atoms with E-state index in [0.29, 0.717) is 18.3 Å². The lowest BCUT2D eigenvalue weighted by molar-refractivity contribution is 0.424. The highest BCUT2D eigenvalue weighted by Gasteiger charge is 2.05. The van der Waals surface area contributed by atoms with Crippen molar-refractivity contribution < 1.29 is 4.52 Å². The van der Waals surface area contributed by atoms with Gasteiger partial charge in [0.2, 0.25) is 0 Å². The van der Waals surface area contributed by atoms with Gasteiger partial charge in [-0.3, -0.25) is 4.98 Å². The Morgan fingerprint density at radius 2 is 2.13 bits per heavy atom. The zero-order valence-electron chi connectivity index (χ0n) is 8.47. The molecule has 0 saturated carbocycles. The fourth-order valence-corrected chi connectivity index (χ4v) is 1.23. The Kier molecular flexibility index (Phi) is 2.92. The normalized spacial score (nSPS) is 10.2. The molecule has 5 heteroatoms. The van der Waals surface area contributed by atoms with E-state index in [2.05, 4.69) is 20.4 Å². The maximum atomic E-state index is 4.99. The van der Waals surface area contributed by atoms with E-state index in [1.54, 1.807) is 12.4 Å². The highest BCUT2D eigenvalue weighted by atomic mass is 16.5. The number of anilines is 1. The summed E-state index contributed by atoms with van der Waals surface area (Å²) in [6.45, 7) is 2.75. The van der Waals surface area contributed by atoms with E-state index in [0.717, 1.165) is 12.1 Å². The lowest BCUT2D eigenvalue weighted by atomic mass is 10.2. The minimum Gasteiger partial charge on any atom is -0.338 e. The van der Waals surface area contributed by atoms with Gasteiger partial charge in [0, 0.05) is 25.4 Å². The monoisotopic (exact) mass is 204 g/mol. The van der Waals surface area contributed by atoms with E-state index < -0.39 is 0 Å². The van der Waals surface area contributed by atoms with Gasteiger partial charge in [0.05, 0.1) is 0 Å². The van der Waals surface area contributed by atoms with Crippen molar-refractivity contribution in [3.63, 3.8) is 0 Å². The summed E-state index contributed by atoms with van der Waals surface area (Å²) in [5, 5.41) is 6.82. The molecule has 0 unspecified atom stereocenters. The molecule has 5 nitrogen and oxygen atoms in total. The molecule has 2 heterocycles. The van der Waals surface area contributed by atoms with E-state index in [1.807, 2.05) is 19.1 Å². The number of nitrogens with zero attached hydrogens (tertiary/aromatic N) is 3. The van der Waals surface area contributed by atoms with Gasteiger partial charge in [0.1, 0.15) is 0 Å². The molecule has 0 aliphatic carbocycles. The average Bonchev–Trinajstić information content (AvgIpc) is 2.68. The summed E-state index contributed by atoms with van der Waals surface area (Å²) in [5.41, 5.74) is 1.12. The molecule has 0 saturated heterocycles. The van der Waals surface area contributed by atoms with E-state index in [-0.39, 0.29) is 0 Å². The molecule has 1 N–H and O–H groups in total. The van der Waals surface area contributed by atoms with Crippen LogP contribution in [0.2, 0.25) is 0 Å². The Balaban J connectivity index is 2.05. The van der Waals surface area contributed by atoms with E-state index in [1.165, 1.54) is 0 Å². The molecule has 0 bridgehead atoms. The standard InChI is InChI=1S/C10H12N4O/c1-2-12-10-13-9(14-15-10)7-8-3-5-11-6-4-8/h3-6H,2,7H2,1H3,(H,12,13,14). The maximum Gasteiger partial charge on any atom is 0.321 e. The number of aromatic nitrogens is 3. The van der Waals surface area contributed by atoms with Crippen LogP contribution < -0.4 is 5.32 Å². The van der Waals surface area contributed by atoms with Crippen LogP contribution in [0.5, 0.6) is 0 Å². The Morgan fingerprint density at radius 3 is 2.87 bits per heavy atom. The van der Waals surface area contributed by atoms with Crippen molar-refractivity contribution in [1.82, 2.24) is 15.1 Å². The molecule has 15 heavy (non-hydrogen) atoms. The lowest BCUT2D eigenvalue weighted by Gasteiger charge is -1.93. The van der Waals surface area contributed by atoms with Crippen LogP contribution >= 0.6 is 0 Å². The Labute approximate surface area is 87.5 Å². The van der Waals surface area contributed by atoms with Crippen LogP contribution in [0, 0.1) is 0 Å². The van der Waals surface area contributed by atoms with Crippen molar-refractivity contribution in [3.05, 3.63) is 35.9 Å². The maximum absolute atomic E-state index is 4.99. The Bertz CT molecular complexity index is 412. The number of pyridine rings is 1. The van der Waals surface area contributed by atoms with Crippen molar-refractivity contribution in [2.75, 3.05) is 11.9 Å². The Morgan fingerprint density at radius 1 is 1.33 bits per heavy atom. The quantitative estimate of drug-likeness (QED) is 0.817. The van der Waals surface area contributed by atoms with E-state index in [9.17, 15) is 0 Å². The number of hydrogen-bond donors (Lipinski definition) is 1. The molecule has 0 atom stereocenters. The summed E-state index contributed by atoms with van der Waals surface area (Å²) in [7, 11) is 0. The summed E-state index contributed by atoms with van der Waals surface area (Å²) in [6, 6.07) is 4.34. The van der Waals surface area contributed by atoms with Gasteiger partial charge in [-0.2, -0.15) is 4.98 Å². The third kappa shape index (κ3) is 2.52. The summed E-state index contributed by atoms with van der Waals surface area (Å²) in [5.74, 6) is 0.678. The largest absolute Gasteiger partial charge is 0.338 e. The second-order valence-corrected chi connectivity index (χ2v) is 3.08. The molecule has 2 aromatic heterocycles. The molecule has 0 radical (unpaired) electrons. The molecule has 0 aliphatic rings. The minimum absolute atomic E-state index is 0.474. The second kappa shape index (κ2) is 4.54.